The van der Waals surface area contributed by atoms with E-state index in [1.54, 1.807) is 11.8 Å². The van der Waals surface area contributed by atoms with E-state index in [4.69, 9.17) is 4.52 Å². The lowest BCUT2D eigenvalue weighted by Gasteiger charge is -2.38. The molecule has 0 saturated heterocycles. The van der Waals surface area contributed by atoms with Gasteiger partial charge in [0.1, 0.15) is 12.7 Å². The van der Waals surface area contributed by atoms with Crippen LogP contribution in [0.15, 0.2) is 5.16 Å². The van der Waals surface area contributed by atoms with Crippen LogP contribution in [-0.2, 0) is 28.0 Å². The summed E-state index contributed by atoms with van der Waals surface area (Å²) >= 11 is 1.70. The highest BCUT2D eigenvalue weighted by molar-refractivity contribution is 7.99. The Kier molecular flexibility index (Phi) is 14.5. The zero-order chi connectivity index (χ0) is 24.0. The predicted molar refractivity (Wildman–Crippen MR) is 120 cm³/mol. The molecule has 11 nitrogen and oxygen atoms in total. The number of nitrogens with zero attached hydrogens (tertiary/aromatic N) is 1. The molecule has 0 aliphatic heterocycles. The number of oxime groups is 1. The van der Waals surface area contributed by atoms with Crippen LogP contribution in [0.2, 0.25) is 0 Å². The van der Waals surface area contributed by atoms with E-state index < -0.39 is 18.8 Å². The lowest BCUT2D eigenvalue weighted by molar-refractivity contribution is -0.140. The van der Waals surface area contributed by atoms with Gasteiger partial charge in [0.25, 0.3) is 0 Å². The normalized spacial score (nSPS) is 16.3. The summed E-state index contributed by atoms with van der Waals surface area (Å²) in [6.07, 6.45) is 1.35. The van der Waals surface area contributed by atoms with Gasteiger partial charge in [-0.05, 0) is 19.1 Å². The molecule has 4 N–H and O–H groups in total. The molecule has 0 radical (unpaired) electrons. The Balaban J connectivity index is 4.18. The third-order valence-electron chi connectivity index (χ3n) is 4.53. The van der Waals surface area contributed by atoms with Crippen LogP contribution in [0.1, 0.15) is 33.6 Å². The molecule has 182 valence electrons. The second-order valence-electron chi connectivity index (χ2n) is 7.50. The summed E-state index contributed by atoms with van der Waals surface area (Å²) in [7, 11) is -1.71. The van der Waals surface area contributed by atoms with Crippen LogP contribution in [0.5, 0.6) is 0 Å². The Labute approximate surface area is 188 Å². The molecule has 0 bridgehead atoms. The van der Waals surface area contributed by atoms with Gasteiger partial charge in [0, 0.05) is 44.3 Å². The Bertz CT molecular complexity index is 635. The minimum Gasteiger partial charge on any atom is -0.399 e. The molecular weight excluding hydrogens is 449 g/mol. The molecule has 1 amide bonds. The first-order chi connectivity index (χ1) is 14.4. The van der Waals surface area contributed by atoms with E-state index in [0.29, 0.717) is 12.8 Å². The van der Waals surface area contributed by atoms with Crippen LogP contribution in [0.4, 0.5) is 0 Å². The van der Waals surface area contributed by atoms with Crippen LogP contribution < -0.4 is 10.6 Å². The molecule has 0 aromatic heterocycles. The van der Waals surface area contributed by atoms with Gasteiger partial charge in [-0.2, -0.15) is 11.8 Å². The zero-order valence-electron chi connectivity index (χ0n) is 18.9. The maximum Gasteiger partial charge on any atom is 0.471 e. The van der Waals surface area contributed by atoms with E-state index >= 15 is 0 Å². The highest BCUT2D eigenvalue weighted by atomic mass is 32.2. The van der Waals surface area contributed by atoms with E-state index in [1.807, 2.05) is 6.92 Å². The van der Waals surface area contributed by atoms with Crippen LogP contribution >= 0.6 is 19.6 Å². The SMILES string of the molecule is CO/N=C(\C)CCSCCNC(=O)CCNCC(O)(C=O)C(C)(C)COP(=O)(O)OC. The topological polar surface area (TPSA) is 156 Å². The molecule has 31 heavy (non-hydrogen) atoms. The summed E-state index contributed by atoms with van der Waals surface area (Å²) in [6.45, 7) is 5.17. The number of hydrogen-bond donors (Lipinski definition) is 4. The minimum absolute atomic E-state index is 0.149. The van der Waals surface area contributed by atoms with Crippen molar-refractivity contribution in [2.24, 2.45) is 10.6 Å². The average molecular weight is 486 g/mol. The van der Waals surface area contributed by atoms with Crippen molar-refractivity contribution in [1.29, 1.82) is 0 Å². The summed E-state index contributed by atoms with van der Waals surface area (Å²) in [6, 6.07) is 0. The minimum atomic E-state index is -4.23. The largest absolute Gasteiger partial charge is 0.471 e. The van der Waals surface area contributed by atoms with Crippen LogP contribution in [0, 0.1) is 5.41 Å². The van der Waals surface area contributed by atoms with Crippen molar-refractivity contribution in [3.8, 4) is 0 Å². The number of carbonyl (C=O) groups excluding carboxylic acids is 2. The smallest absolute Gasteiger partial charge is 0.399 e. The lowest BCUT2D eigenvalue weighted by Crippen LogP contribution is -2.55. The summed E-state index contributed by atoms with van der Waals surface area (Å²) in [4.78, 5) is 37.4. The van der Waals surface area contributed by atoms with Gasteiger partial charge in [0.2, 0.25) is 5.91 Å². The number of phosphoric acid groups is 1. The molecule has 0 heterocycles. The van der Waals surface area contributed by atoms with E-state index in [0.717, 1.165) is 30.7 Å². The van der Waals surface area contributed by atoms with Crippen molar-refractivity contribution in [2.75, 3.05) is 52.0 Å². The number of nitrogens with one attached hydrogen (secondary N) is 2. The summed E-state index contributed by atoms with van der Waals surface area (Å²) < 4.78 is 20.6. The molecule has 0 aromatic rings. The fourth-order valence-corrected chi connectivity index (χ4v) is 3.70. The first-order valence-corrected chi connectivity index (χ1v) is 12.4. The number of thioether (sulfide) groups is 1. The molecule has 0 aliphatic carbocycles. The maximum absolute atomic E-state index is 11.9. The molecule has 0 aromatic carbocycles. The Morgan fingerprint density at radius 1 is 1.23 bits per heavy atom. The quantitative estimate of drug-likeness (QED) is 0.0725. The number of carbonyl (C=O) groups is 2. The number of aliphatic hydroxyl groups is 1. The molecular formula is C18H36N3O8PS. The number of amides is 1. The highest BCUT2D eigenvalue weighted by Crippen LogP contribution is 2.45. The molecule has 0 aliphatic rings. The van der Waals surface area contributed by atoms with Crippen molar-refractivity contribution in [3.63, 3.8) is 0 Å². The van der Waals surface area contributed by atoms with E-state index in [9.17, 15) is 24.2 Å². The van der Waals surface area contributed by atoms with Gasteiger partial charge in [0.15, 0.2) is 6.29 Å². The van der Waals surface area contributed by atoms with Gasteiger partial charge in [-0.1, -0.05) is 19.0 Å². The second kappa shape index (κ2) is 14.9. The number of rotatable bonds is 18. The fraction of sp³-hybridized carbons (Fsp3) is 0.833. The van der Waals surface area contributed by atoms with Crippen LogP contribution in [-0.4, -0.2) is 85.5 Å². The molecule has 2 unspecified atom stereocenters. The van der Waals surface area contributed by atoms with Crippen molar-refractivity contribution in [1.82, 2.24) is 10.6 Å². The first kappa shape index (κ1) is 30.0. The standard InChI is InChI=1S/C18H36N3O8PS/c1-15(21-27-4)7-10-31-11-9-20-16(23)6-8-19-12-18(24,13-22)17(2,3)14-29-30(25,26)28-5/h13,19,24H,6-12,14H2,1-5H3,(H,20,23)(H,25,26)/b21-15+. The van der Waals surface area contributed by atoms with E-state index in [-0.39, 0.29) is 32.0 Å². The molecule has 0 spiro atoms. The summed E-state index contributed by atoms with van der Waals surface area (Å²) in [5.41, 5.74) is -2.15. The number of phosphoric ester groups is 1. The zero-order valence-corrected chi connectivity index (χ0v) is 20.6. The van der Waals surface area contributed by atoms with Gasteiger partial charge in [-0.3, -0.25) is 13.8 Å². The van der Waals surface area contributed by atoms with Crippen molar-refractivity contribution in [2.45, 2.75) is 39.2 Å². The maximum atomic E-state index is 11.9. The van der Waals surface area contributed by atoms with Crippen molar-refractivity contribution >= 4 is 37.5 Å². The Hall–Kier alpha value is -1.01. The molecule has 2 atom stereocenters. The molecule has 0 fully saturated rings. The van der Waals surface area contributed by atoms with Gasteiger partial charge in [-0.15, -0.1) is 0 Å². The molecule has 0 rings (SSSR count). The van der Waals surface area contributed by atoms with Crippen LogP contribution in [0.3, 0.4) is 0 Å². The van der Waals surface area contributed by atoms with E-state index in [1.165, 1.54) is 21.0 Å². The third kappa shape index (κ3) is 12.6. The van der Waals surface area contributed by atoms with Gasteiger partial charge in [0.05, 0.1) is 12.3 Å². The number of aldehydes is 1. The van der Waals surface area contributed by atoms with Gasteiger partial charge < -0.3 is 30.3 Å². The van der Waals surface area contributed by atoms with Crippen LogP contribution in [0.25, 0.3) is 0 Å². The average Bonchev–Trinajstić information content (AvgIpc) is 2.72. The fourth-order valence-electron chi connectivity index (χ4n) is 2.22. The monoisotopic (exact) mass is 485 g/mol. The lowest BCUT2D eigenvalue weighted by atomic mass is 9.76. The molecule has 13 heteroatoms. The highest BCUT2D eigenvalue weighted by Gasteiger charge is 2.45. The second-order valence-corrected chi connectivity index (χ2v) is 10.3. The van der Waals surface area contributed by atoms with Gasteiger partial charge in [-0.25, -0.2) is 4.57 Å². The Morgan fingerprint density at radius 3 is 2.48 bits per heavy atom. The first-order valence-electron chi connectivity index (χ1n) is 9.76. The van der Waals surface area contributed by atoms with E-state index in [2.05, 4.69) is 25.2 Å². The van der Waals surface area contributed by atoms with Gasteiger partial charge >= 0.3 is 7.82 Å². The number of hydrogen-bond acceptors (Lipinski definition) is 10. The third-order valence-corrected chi connectivity index (χ3v) is 6.44. The Morgan fingerprint density at radius 2 is 1.90 bits per heavy atom. The van der Waals surface area contributed by atoms with Crippen molar-refractivity contribution in [3.05, 3.63) is 0 Å². The van der Waals surface area contributed by atoms with Crippen molar-refractivity contribution < 1.29 is 38.0 Å². The molecule has 0 saturated carbocycles. The summed E-state index contributed by atoms with van der Waals surface area (Å²) in [5.74, 6) is 1.51. The predicted octanol–water partition coefficient (Wildman–Crippen LogP) is 0.948. The summed E-state index contributed by atoms with van der Waals surface area (Å²) in [5, 5.41) is 20.1.